The zero-order valence-electron chi connectivity index (χ0n) is 40.0. The Kier molecular flexibility index (Phi) is 21.0. The summed E-state index contributed by atoms with van der Waals surface area (Å²) in [5.41, 5.74) is 0.922. The van der Waals surface area contributed by atoms with Crippen LogP contribution in [-0.2, 0) is 42.7 Å². The maximum Gasteiger partial charge on any atom is 0.331 e. The van der Waals surface area contributed by atoms with Crippen molar-refractivity contribution in [2.45, 2.75) is 196 Å². The summed E-state index contributed by atoms with van der Waals surface area (Å²) in [4.78, 5) is 24.1. The number of carboxylic acid groups (broad SMARTS) is 1. The van der Waals surface area contributed by atoms with Crippen LogP contribution >= 0.6 is 0 Å². The van der Waals surface area contributed by atoms with E-state index in [1.54, 1.807) is 12.2 Å². The smallest absolute Gasteiger partial charge is 0.331 e. The lowest BCUT2D eigenvalue weighted by Crippen LogP contribution is -2.59. The number of rotatable bonds is 10. The first kappa shape index (κ1) is 53.8. The molecule has 7 aliphatic rings. The maximum absolute atomic E-state index is 13.1. The third-order valence-corrected chi connectivity index (χ3v) is 13.9. The molecule has 0 aromatic carbocycles. The monoisotopic (exact) mass is 953 g/mol. The summed E-state index contributed by atoms with van der Waals surface area (Å²) in [6.07, 6.45) is 23.5. The highest BCUT2D eigenvalue weighted by molar-refractivity contribution is 5.82. The molecular formula is C53H76O15. The molecule has 6 N–H and O–H groups in total. The molecular weight excluding hydrogens is 877 g/mol. The number of allylic oxidation sites excluding steroid dienone is 7. The molecule has 0 amide bonds. The molecule has 0 aromatic heterocycles. The topological polar surface area (TPSA) is 220 Å². The van der Waals surface area contributed by atoms with E-state index in [9.17, 15) is 35.1 Å². The fourth-order valence-corrected chi connectivity index (χ4v) is 9.84. The summed E-state index contributed by atoms with van der Waals surface area (Å²) in [6.45, 7) is 7.57. The average molecular weight is 953 g/mol. The van der Waals surface area contributed by atoms with Crippen molar-refractivity contribution in [2.24, 2.45) is 17.8 Å². The van der Waals surface area contributed by atoms with Gasteiger partial charge < -0.3 is 63.8 Å². The van der Waals surface area contributed by atoms with E-state index in [0.29, 0.717) is 44.9 Å². The van der Waals surface area contributed by atoms with Crippen molar-refractivity contribution in [1.82, 2.24) is 0 Å². The van der Waals surface area contributed by atoms with Crippen LogP contribution in [0.15, 0.2) is 96.7 Å². The summed E-state index contributed by atoms with van der Waals surface area (Å²) in [5.74, 6) is -1.18. The van der Waals surface area contributed by atoms with Gasteiger partial charge in [0.25, 0.3) is 0 Å². The minimum absolute atomic E-state index is 0.0221. The fourth-order valence-electron chi connectivity index (χ4n) is 9.84. The van der Waals surface area contributed by atoms with Crippen LogP contribution in [0.25, 0.3) is 0 Å². The number of carbonyl (C=O) groups is 2. The number of carbonyl (C=O) groups excluding carboxylic acids is 1. The molecule has 378 valence electrons. The van der Waals surface area contributed by atoms with Gasteiger partial charge >= 0.3 is 11.9 Å². The second-order valence-corrected chi connectivity index (χ2v) is 19.4. The second kappa shape index (κ2) is 26.6. The van der Waals surface area contributed by atoms with E-state index in [2.05, 4.69) is 38.2 Å². The number of hydrogen-bond donors (Lipinski definition) is 6. The van der Waals surface area contributed by atoms with Crippen LogP contribution in [0.4, 0.5) is 0 Å². The fraction of sp³-hybridized carbons (Fsp3) is 0.660. The molecule has 4 fully saturated rings. The molecule has 15 heteroatoms. The van der Waals surface area contributed by atoms with E-state index >= 15 is 0 Å². The molecule has 0 saturated carbocycles. The highest BCUT2D eigenvalue weighted by Crippen LogP contribution is 2.39. The van der Waals surface area contributed by atoms with Gasteiger partial charge in [-0.05, 0) is 69.4 Å². The molecule has 7 aliphatic heterocycles. The molecule has 0 aliphatic carbocycles. The van der Waals surface area contributed by atoms with Crippen molar-refractivity contribution in [3.63, 3.8) is 0 Å². The molecule has 0 radical (unpaired) electrons. The Labute approximate surface area is 401 Å². The lowest BCUT2D eigenvalue weighted by molar-refractivity contribution is -0.309. The molecule has 14 unspecified atom stereocenters. The SMILES string of the molecule is C/C(=C\[C@H](C)CCCCC(=O)O)[C@H]1O[C@@H]2C=CC1OC(=O)\C=C/C=C\C=C\C1OC3CC1O[C@@H](/C=C/CC1OC(CC(O)C1C)C[C@@H](OC1OC(CO)C(O)C(O)C1O)/C=C/CC/C=C/C2)C3C. The molecule has 0 aromatic rings. The highest BCUT2D eigenvalue weighted by atomic mass is 16.7. The molecule has 7 bridgehead atoms. The van der Waals surface area contributed by atoms with Gasteiger partial charge in [0.1, 0.15) is 36.6 Å². The number of aliphatic hydroxyl groups excluding tert-OH is 5. The molecule has 4 saturated heterocycles. The first-order valence-electron chi connectivity index (χ1n) is 24.7. The Morgan fingerprint density at radius 3 is 2.32 bits per heavy atom. The van der Waals surface area contributed by atoms with Crippen molar-refractivity contribution in [3.05, 3.63) is 96.7 Å². The van der Waals surface area contributed by atoms with E-state index < -0.39 is 79.8 Å². The van der Waals surface area contributed by atoms with Crippen LogP contribution in [0.5, 0.6) is 0 Å². The van der Waals surface area contributed by atoms with Crippen molar-refractivity contribution >= 4 is 11.9 Å². The van der Waals surface area contributed by atoms with E-state index in [0.717, 1.165) is 24.8 Å². The molecule has 15 nitrogen and oxygen atoms in total. The lowest BCUT2D eigenvalue weighted by atomic mass is 9.86. The van der Waals surface area contributed by atoms with Gasteiger partial charge in [0, 0.05) is 37.2 Å². The van der Waals surface area contributed by atoms with Crippen molar-refractivity contribution in [3.8, 4) is 0 Å². The number of unbranched alkanes of at least 4 members (excludes halogenated alkanes) is 1. The maximum atomic E-state index is 13.1. The van der Waals surface area contributed by atoms with Gasteiger partial charge in [0.05, 0.1) is 55.4 Å². The summed E-state index contributed by atoms with van der Waals surface area (Å²) < 4.78 is 44.1. The van der Waals surface area contributed by atoms with Gasteiger partial charge in [-0.25, -0.2) is 4.79 Å². The number of aliphatic hydroxyl groups is 5. The zero-order valence-corrected chi connectivity index (χ0v) is 40.0. The molecule has 0 spiro atoms. The number of aliphatic carboxylic acids is 1. The quantitative estimate of drug-likeness (QED) is 0.0886. The Morgan fingerprint density at radius 1 is 0.750 bits per heavy atom. The van der Waals surface area contributed by atoms with Crippen molar-refractivity contribution in [2.75, 3.05) is 6.61 Å². The first-order valence-corrected chi connectivity index (χ1v) is 24.7. The van der Waals surface area contributed by atoms with Crippen molar-refractivity contribution in [1.29, 1.82) is 0 Å². The molecule has 7 heterocycles. The predicted molar refractivity (Wildman–Crippen MR) is 253 cm³/mol. The highest BCUT2D eigenvalue weighted by Gasteiger charge is 2.47. The summed E-state index contributed by atoms with van der Waals surface area (Å²) >= 11 is 0. The van der Waals surface area contributed by atoms with Gasteiger partial charge in [-0.3, -0.25) is 4.79 Å². The minimum Gasteiger partial charge on any atom is -0.481 e. The van der Waals surface area contributed by atoms with Crippen molar-refractivity contribution < 1.29 is 73.4 Å². The third kappa shape index (κ3) is 15.5. The second-order valence-electron chi connectivity index (χ2n) is 19.4. The zero-order chi connectivity index (χ0) is 48.7. The van der Waals surface area contributed by atoms with E-state index in [-0.39, 0.29) is 60.8 Å². The number of fused-ring (bicyclic) bond motifs is 13. The van der Waals surface area contributed by atoms with Crippen LogP contribution in [0.3, 0.4) is 0 Å². The Balaban J connectivity index is 1.20. The first-order chi connectivity index (χ1) is 32.7. The van der Waals surface area contributed by atoms with E-state index in [4.69, 9.17) is 38.3 Å². The van der Waals surface area contributed by atoms with Crippen LogP contribution in [0.1, 0.15) is 98.3 Å². The summed E-state index contributed by atoms with van der Waals surface area (Å²) in [5, 5.41) is 61.9. The number of ether oxygens (including phenoxy) is 7. The van der Waals surface area contributed by atoms with E-state index in [1.807, 2.05) is 62.5 Å². The predicted octanol–water partition coefficient (Wildman–Crippen LogP) is 5.65. The standard InChI is InChI=1S/C53H76O15/c1-32(17-14-15-23-47(56)57)27-33(2)52-43-26-25-36(63-52)18-10-6-5-7-11-19-37(64-53-51(61)50(60)49(59)46(31-54)68-53)28-38-29-39(55)34(3)40(62-38)21-16-22-41-35(4)44-30-45(65-41)42(66-44)20-12-8-9-13-24-48(58)67-43/h6,8-13,16,19-20,22,24-27,32,34-46,49-55,59-61H,5,7,14-15,17-18,21,23,28-31H2,1-4H3,(H,56,57)/b9-8-,10-6+,19-11+,20-12+,22-16+,24-13-,33-27+/t32-,34?,35?,36+,37+,38?,39?,40?,41+,42?,43?,44?,45?,46?,49?,50?,51?,52-,53?/m1/s1. The van der Waals surface area contributed by atoms with Gasteiger partial charge in [-0.2, -0.15) is 0 Å². The summed E-state index contributed by atoms with van der Waals surface area (Å²) in [6, 6.07) is 0. The average Bonchev–Trinajstić information content (AvgIpc) is 3.66. The van der Waals surface area contributed by atoms with Crippen LogP contribution in [0.2, 0.25) is 0 Å². The minimum atomic E-state index is -1.60. The number of carboxylic acids is 1. The van der Waals surface area contributed by atoms with Gasteiger partial charge in [-0.1, -0.05) is 106 Å². The van der Waals surface area contributed by atoms with E-state index in [1.165, 1.54) is 6.08 Å². The van der Waals surface area contributed by atoms with Gasteiger partial charge in [0.2, 0.25) is 0 Å². The Hall–Kier alpha value is -3.58. The third-order valence-electron chi connectivity index (χ3n) is 13.9. The Morgan fingerprint density at radius 2 is 1.53 bits per heavy atom. The largest absolute Gasteiger partial charge is 0.481 e. The van der Waals surface area contributed by atoms with Crippen LogP contribution < -0.4 is 0 Å². The summed E-state index contributed by atoms with van der Waals surface area (Å²) in [7, 11) is 0. The van der Waals surface area contributed by atoms with Gasteiger partial charge in [0.15, 0.2) is 12.4 Å². The van der Waals surface area contributed by atoms with Crippen LogP contribution in [0, 0.1) is 17.8 Å². The normalized spacial score (nSPS) is 43.1. The number of esters is 1. The van der Waals surface area contributed by atoms with Gasteiger partial charge in [-0.15, -0.1) is 0 Å². The molecule has 19 atom stereocenters. The Bertz CT molecular complexity index is 1850. The molecule has 7 rings (SSSR count). The van der Waals surface area contributed by atoms with Crippen LogP contribution in [-0.4, -0.2) is 147 Å². The molecule has 68 heavy (non-hydrogen) atoms. The number of hydrogen-bond acceptors (Lipinski definition) is 14. The lowest BCUT2D eigenvalue weighted by Gasteiger charge is -2.42.